The first kappa shape index (κ1) is 9.53. The fourth-order valence-electron chi connectivity index (χ4n) is 0.965. The molecule has 12 heavy (non-hydrogen) atoms. The Kier molecular flexibility index (Phi) is 2.17. The van der Waals surface area contributed by atoms with Gasteiger partial charge in [0, 0.05) is 14.1 Å². The molecule has 0 bridgehead atoms. The summed E-state index contributed by atoms with van der Waals surface area (Å²) in [6.45, 7) is 0. The van der Waals surface area contributed by atoms with Crippen LogP contribution in [0.4, 0.5) is 13.2 Å². The maximum atomic E-state index is 12.2. The lowest BCUT2D eigenvalue weighted by atomic mass is 10.5. The quantitative estimate of drug-likeness (QED) is 0.574. The molecule has 1 heterocycles. The van der Waals surface area contributed by atoms with Crippen LogP contribution in [0.5, 0.6) is 0 Å². The third kappa shape index (κ3) is 1.46. The van der Waals surface area contributed by atoms with Crippen molar-refractivity contribution in [1.82, 2.24) is 15.3 Å². The van der Waals surface area contributed by atoms with Crippen molar-refractivity contribution in [2.24, 2.45) is 0 Å². The zero-order valence-corrected chi connectivity index (χ0v) is 7.33. The number of rotatable bonds is 0. The molecule has 0 aromatic rings. The number of hydrazine groups is 1. The molecule has 1 saturated heterocycles. The molecule has 1 aliphatic rings. The summed E-state index contributed by atoms with van der Waals surface area (Å²) in [5.41, 5.74) is 2.19. The highest BCUT2D eigenvalue weighted by molar-refractivity contribution is 7.80. The van der Waals surface area contributed by atoms with E-state index in [2.05, 4.69) is 5.43 Å². The second-order valence-corrected chi connectivity index (χ2v) is 2.89. The topological polar surface area (TPSA) is 18.5 Å². The van der Waals surface area contributed by atoms with Crippen LogP contribution < -0.4 is 5.43 Å². The second-order valence-electron chi connectivity index (χ2n) is 2.53. The van der Waals surface area contributed by atoms with Crippen LogP contribution in [-0.4, -0.2) is 41.5 Å². The van der Waals surface area contributed by atoms with Gasteiger partial charge in [0.05, 0.1) is 0 Å². The van der Waals surface area contributed by atoms with Crippen LogP contribution in [-0.2, 0) is 0 Å². The van der Waals surface area contributed by atoms with Crippen molar-refractivity contribution in [3.8, 4) is 0 Å². The van der Waals surface area contributed by atoms with Gasteiger partial charge in [-0.25, -0.2) is 5.43 Å². The van der Waals surface area contributed by atoms with E-state index in [1.165, 1.54) is 19.1 Å². The predicted molar refractivity (Wildman–Crippen MR) is 41.1 cm³/mol. The van der Waals surface area contributed by atoms with E-state index in [9.17, 15) is 13.2 Å². The zero-order valence-electron chi connectivity index (χ0n) is 6.51. The Bertz CT molecular complexity index is 205. The standard InChI is InChI=1S/C5H8F3N3S/c1-10-3(5(6,7)8)9-11(2)4(10)12/h3,9H,1-2H3. The molecule has 0 saturated carbocycles. The lowest BCUT2D eigenvalue weighted by Crippen LogP contribution is -2.47. The number of thiocarbonyl (C=S) groups is 1. The fourth-order valence-corrected chi connectivity index (χ4v) is 1.12. The molecule has 1 aliphatic heterocycles. The smallest absolute Gasteiger partial charge is 0.326 e. The van der Waals surface area contributed by atoms with Gasteiger partial charge >= 0.3 is 6.18 Å². The number of halogens is 3. The van der Waals surface area contributed by atoms with Crippen molar-refractivity contribution in [3.05, 3.63) is 0 Å². The molecule has 1 atom stereocenters. The molecule has 0 aromatic carbocycles. The highest BCUT2D eigenvalue weighted by atomic mass is 32.1. The number of hydrogen-bond acceptors (Lipinski definition) is 2. The lowest BCUT2D eigenvalue weighted by molar-refractivity contribution is -0.177. The number of hydrogen-bond donors (Lipinski definition) is 1. The summed E-state index contributed by atoms with van der Waals surface area (Å²) in [5, 5.41) is 1.31. The first-order valence-corrected chi connectivity index (χ1v) is 3.58. The zero-order chi connectivity index (χ0) is 9.52. The minimum absolute atomic E-state index is 0.136. The first-order chi connectivity index (χ1) is 5.34. The predicted octanol–water partition coefficient (Wildman–Crippen LogP) is 0.542. The van der Waals surface area contributed by atoms with E-state index in [4.69, 9.17) is 12.2 Å². The normalized spacial score (nSPS) is 25.4. The van der Waals surface area contributed by atoms with Gasteiger partial charge in [0.15, 0.2) is 11.3 Å². The molecule has 70 valence electrons. The molecule has 0 aliphatic carbocycles. The Labute approximate surface area is 73.1 Å². The molecule has 0 spiro atoms. The van der Waals surface area contributed by atoms with E-state index in [0.29, 0.717) is 0 Å². The van der Waals surface area contributed by atoms with Gasteiger partial charge in [-0.05, 0) is 12.2 Å². The third-order valence-electron chi connectivity index (χ3n) is 1.60. The summed E-state index contributed by atoms with van der Waals surface area (Å²) in [6, 6.07) is 0. The fraction of sp³-hybridized carbons (Fsp3) is 0.800. The SMILES string of the molecule is CN1NC(C(F)(F)F)N(C)C1=S. The number of nitrogens with zero attached hydrogens (tertiary/aromatic N) is 2. The molecule has 3 nitrogen and oxygen atoms in total. The van der Waals surface area contributed by atoms with E-state index < -0.39 is 12.3 Å². The molecule has 1 fully saturated rings. The van der Waals surface area contributed by atoms with Crippen LogP contribution in [0, 0.1) is 0 Å². The summed E-state index contributed by atoms with van der Waals surface area (Å²) in [6.07, 6.45) is -6.00. The van der Waals surface area contributed by atoms with Gasteiger partial charge in [-0.3, -0.25) is 5.01 Å². The summed E-state index contributed by atoms with van der Waals surface area (Å²) < 4.78 is 36.5. The van der Waals surface area contributed by atoms with E-state index in [1.54, 1.807) is 0 Å². The van der Waals surface area contributed by atoms with Crippen molar-refractivity contribution < 1.29 is 13.2 Å². The maximum Gasteiger partial charge on any atom is 0.423 e. The van der Waals surface area contributed by atoms with E-state index in [-0.39, 0.29) is 5.11 Å². The van der Waals surface area contributed by atoms with Crippen molar-refractivity contribution in [1.29, 1.82) is 0 Å². The van der Waals surface area contributed by atoms with Gasteiger partial charge in [-0.1, -0.05) is 0 Å². The molecule has 1 N–H and O–H groups in total. The third-order valence-corrected chi connectivity index (χ3v) is 2.16. The van der Waals surface area contributed by atoms with Gasteiger partial charge in [0.25, 0.3) is 0 Å². The molecule has 7 heteroatoms. The minimum Gasteiger partial charge on any atom is -0.326 e. The van der Waals surface area contributed by atoms with Gasteiger partial charge < -0.3 is 4.90 Å². The summed E-state index contributed by atoms with van der Waals surface area (Å²) in [7, 11) is 2.75. The van der Waals surface area contributed by atoms with E-state index in [0.717, 1.165) is 4.90 Å². The highest BCUT2D eigenvalue weighted by Gasteiger charge is 2.48. The minimum atomic E-state index is -4.30. The molecule has 1 unspecified atom stereocenters. The van der Waals surface area contributed by atoms with Crippen molar-refractivity contribution in [2.45, 2.75) is 12.3 Å². The molecular formula is C5H8F3N3S. The van der Waals surface area contributed by atoms with Gasteiger partial charge in [0.2, 0.25) is 0 Å². The van der Waals surface area contributed by atoms with Gasteiger partial charge in [0.1, 0.15) is 0 Å². The molecule has 0 amide bonds. The summed E-state index contributed by atoms with van der Waals surface area (Å²) in [4.78, 5) is 0.968. The van der Waals surface area contributed by atoms with Crippen molar-refractivity contribution in [3.63, 3.8) is 0 Å². The van der Waals surface area contributed by atoms with Crippen LogP contribution in [0.1, 0.15) is 0 Å². The number of nitrogens with one attached hydrogen (secondary N) is 1. The van der Waals surface area contributed by atoms with Crippen LogP contribution in [0.25, 0.3) is 0 Å². The second kappa shape index (κ2) is 2.74. The Hall–Kier alpha value is -0.560. The molecule has 1 rings (SSSR count). The van der Waals surface area contributed by atoms with E-state index >= 15 is 0 Å². The molecule has 0 radical (unpaired) electrons. The first-order valence-electron chi connectivity index (χ1n) is 3.17. The van der Waals surface area contributed by atoms with Crippen molar-refractivity contribution >= 4 is 17.3 Å². The molecular weight excluding hydrogens is 191 g/mol. The Morgan fingerprint density at radius 1 is 1.42 bits per heavy atom. The maximum absolute atomic E-state index is 12.2. The van der Waals surface area contributed by atoms with Crippen LogP contribution >= 0.6 is 12.2 Å². The average Bonchev–Trinajstić information content (AvgIpc) is 2.15. The van der Waals surface area contributed by atoms with Crippen LogP contribution in [0.3, 0.4) is 0 Å². The lowest BCUT2D eigenvalue weighted by Gasteiger charge is -2.20. The van der Waals surface area contributed by atoms with Gasteiger partial charge in [-0.15, -0.1) is 0 Å². The highest BCUT2D eigenvalue weighted by Crippen LogP contribution is 2.25. The largest absolute Gasteiger partial charge is 0.423 e. The summed E-state index contributed by atoms with van der Waals surface area (Å²) >= 11 is 4.70. The number of alkyl halides is 3. The molecule has 0 aromatic heterocycles. The average molecular weight is 199 g/mol. The Balaban J connectivity index is 2.78. The van der Waals surface area contributed by atoms with Crippen molar-refractivity contribution in [2.75, 3.05) is 14.1 Å². The summed E-state index contributed by atoms with van der Waals surface area (Å²) in [5.74, 6) is 0. The van der Waals surface area contributed by atoms with Crippen LogP contribution in [0.15, 0.2) is 0 Å². The van der Waals surface area contributed by atoms with Crippen LogP contribution in [0.2, 0.25) is 0 Å². The Morgan fingerprint density at radius 2 is 1.92 bits per heavy atom. The monoisotopic (exact) mass is 199 g/mol. The van der Waals surface area contributed by atoms with E-state index in [1.807, 2.05) is 0 Å². The Morgan fingerprint density at radius 3 is 2.08 bits per heavy atom. The van der Waals surface area contributed by atoms with Gasteiger partial charge in [-0.2, -0.15) is 13.2 Å².